The van der Waals surface area contributed by atoms with Crippen molar-refractivity contribution in [2.45, 2.75) is 26.9 Å². The minimum absolute atomic E-state index is 0.250. The first-order chi connectivity index (χ1) is 5.20. The Morgan fingerprint density at radius 3 is 2.55 bits per heavy atom. The Bertz CT molecular complexity index is 104. The highest BCUT2D eigenvalue weighted by atomic mass is 16.5. The molecule has 1 amide bonds. The van der Waals surface area contributed by atoms with E-state index in [1.54, 1.807) is 4.90 Å². The largest absolute Gasteiger partial charge is 0.377 e. The molecule has 66 valence electrons. The lowest BCUT2D eigenvalue weighted by Crippen LogP contribution is -2.26. The van der Waals surface area contributed by atoms with E-state index in [0.717, 1.165) is 13.0 Å². The van der Waals surface area contributed by atoms with Crippen molar-refractivity contribution < 1.29 is 9.53 Å². The molecule has 11 heavy (non-hydrogen) atoms. The molecule has 0 aliphatic rings. The van der Waals surface area contributed by atoms with Gasteiger partial charge < -0.3 is 9.64 Å². The van der Waals surface area contributed by atoms with Crippen LogP contribution in [0, 0.1) is 0 Å². The summed E-state index contributed by atoms with van der Waals surface area (Å²) in [5, 5.41) is 0. The molecule has 0 aliphatic heterocycles. The Morgan fingerprint density at radius 2 is 2.18 bits per heavy atom. The van der Waals surface area contributed by atoms with Gasteiger partial charge in [0.2, 0.25) is 6.41 Å². The standard InChI is InChI=1S/C8H17NO2/c1-4-9(7-10)5-6-11-8(2)3/h7-8H,4-6H2,1-3H3. The normalized spacial score (nSPS) is 10.2. The minimum Gasteiger partial charge on any atom is -0.377 e. The fourth-order valence-corrected chi connectivity index (χ4v) is 0.691. The van der Waals surface area contributed by atoms with Gasteiger partial charge in [-0.05, 0) is 20.8 Å². The lowest BCUT2D eigenvalue weighted by molar-refractivity contribution is -0.118. The second-order valence-corrected chi connectivity index (χ2v) is 2.65. The van der Waals surface area contributed by atoms with Gasteiger partial charge in [0.05, 0.1) is 12.7 Å². The van der Waals surface area contributed by atoms with E-state index in [1.807, 2.05) is 20.8 Å². The van der Waals surface area contributed by atoms with E-state index in [0.29, 0.717) is 13.2 Å². The first-order valence-electron chi connectivity index (χ1n) is 4.01. The van der Waals surface area contributed by atoms with Gasteiger partial charge >= 0.3 is 0 Å². The predicted octanol–water partition coefficient (Wildman–Crippen LogP) is 0.890. The summed E-state index contributed by atoms with van der Waals surface area (Å²) < 4.78 is 5.28. The number of hydrogen-bond acceptors (Lipinski definition) is 2. The summed E-state index contributed by atoms with van der Waals surface area (Å²) in [7, 11) is 0. The van der Waals surface area contributed by atoms with Gasteiger partial charge in [-0.1, -0.05) is 0 Å². The van der Waals surface area contributed by atoms with Crippen molar-refractivity contribution >= 4 is 6.41 Å². The minimum atomic E-state index is 0.250. The van der Waals surface area contributed by atoms with Crippen molar-refractivity contribution in [3.8, 4) is 0 Å². The monoisotopic (exact) mass is 159 g/mol. The number of likely N-dealkylation sites (N-methyl/N-ethyl adjacent to an activating group) is 1. The van der Waals surface area contributed by atoms with Gasteiger partial charge in [-0.3, -0.25) is 4.79 Å². The van der Waals surface area contributed by atoms with Gasteiger partial charge in [0.1, 0.15) is 0 Å². The summed E-state index contributed by atoms with van der Waals surface area (Å²) >= 11 is 0. The van der Waals surface area contributed by atoms with Crippen LogP contribution in [0.5, 0.6) is 0 Å². The number of carbonyl (C=O) groups excluding carboxylic acids is 1. The Morgan fingerprint density at radius 1 is 1.55 bits per heavy atom. The average molecular weight is 159 g/mol. The zero-order valence-corrected chi connectivity index (χ0v) is 7.54. The molecule has 0 atom stereocenters. The van der Waals surface area contributed by atoms with Crippen LogP contribution in [0.4, 0.5) is 0 Å². The zero-order chi connectivity index (χ0) is 8.69. The van der Waals surface area contributed by atoms with Crippen LogP contribution < -0.4 is 0 Å². The molecule has 0 aromatic rings. The lowest BCUT2D eigenvalue weighted by atomic mass is 10.5. The molecule has 3 heteroatoms. The molecule has 0 aliphatic carbocycles. The van der Waals surface area contributed by atoms with Gasteiger partial charge in [0, 0.05) is 13.1 Å². The molecule has 0 N–H and O–H groups in total. The molecule has 0 heterocycles. The third kappa shape index (κ3) is 5.85. The lowest BCUT2D eigenvalue weighted by Gasteiger charge is -2.15. The van der Waals surface area contributed by atoms with Crippen LogP contribution in [-0.2, 0) is 9.53 Å². The molecule has 0 spiro atoms. The quantitative estimate of drug-likeness (QED) is 0.539. The SMILES string of the molecule is CCN(C=O)CCOC(C)C. The Hall–Kier alpha value is -0.570. The van der Waals surface area contributed by atoms with Crippen LogP contribution in [-0.4, -0.2) is 37.1 Å². The predicted molar refractivity (Wildman–Crippen MR) is 44.4 cm³/mol. The molecular formula is C8H17NO2. The second-order valence-electron chi connectivity index (χ2n) is 2.65. The molecule has 0 bridgehead atoms. The summed E-state index contributed by atoms with van der Waals surface area (Å²) in [5.74, 6) is 0. The van der Waals surface area contributed by atoms with E-state index in [1.165, 1.54) is 0 Å². The van der Waals surface area contributed by atoms with Crippen molar-refractivity contribution in [1.29, 1.82) is 0 Å². The van der Waals surface area contributed by atoms with E-state index in [4.69, 9.17) is 4.74 Å². The summed E-state index contributed by atoms with van der Waals surface area (Å²) in [6.45, 7) is 7.99. The number of rotatable bonds is 6. The van der Waals surface area contributed by atoms with Crippen LogP contribution in [0.2, 0.25) is 0 Å². The number of carbonyl (C=O) groups is 1. The molecule has 0 radical (unpaired) electrons. The van der Waals surface area contributed by atoms with Crippen LogP contribution in [0.25, 0.3) is 0 Å². The van der Waals surface area contributed by atoms with Crippen molar-refractivity contribution in [2.75, 3.05) is 19.7 Å². The van der Waals surface area contributed by atoms with E-state index < -0.39 is 0 Å². The third-order valence-corrected chi connectivity index (χ3v) is 1.38. The maximum absolute atomic E-state index is 10.3. The first kappa shape index (κ1) is 10.4. The molecular weight excluding hydrogens is 142 g/mol. The first-order valence-corrected chi connectivity index (χ1v) is 4.01. The van der Waals surface area contributed by atoms with Crippen molar-refractivity contribution in [2.24, 2.45) is 0 Å². The molecule has 0 fully saturated rings. The molecule has 0 aromatic carbocycles. The topological polar surface area (TPSA) is 29.5 Å². The fraction of sp³-hybridized carbons (Fsp3) is 0.875. The van der Waals surface area contributed by atoms with Gasteiger partial charge in [0.25, 0.3) is 0 Å². The summed E-state index contributed by atoms with van der Waals surface area (Å²) in [6.07, 6.45) is 1.10. The molecule has 0 saturated carbocycles. The highest BCUT2D eigenvalue weighted by Crippen LogP contribution is 1.88. The summed E-state index contributed by atoms with van der Waals surface area (Å²) in [4.78, 5) is 12.0. The van der Waals surface area contributed by atoms with Crippen molar-refractivity contribution in [3.05, 3.63) is 0 Å². The van der Waals surface area contributed by atoms with Crippen molar-refractivity contribution in [1.82, 2.24) is 4.90 Å². The maximum Gasteiger partial charge on any atom is 0.209 e. The second kappa shape index (κ2) is 6.16. The highest BCUT2D eigenvalue weighted by Gasteiger charge is 1.98. The Kier molecular flexibility index (Phi) is 5.84. The van der Waals surface area contributed by atoms with Crippen LogP contribution in [0.15, 0.2) is 0 Å². The van der Waals surface area contributed by atoms with E-state index >= 15 is 0 Å². The van der Waals surface area contributed by atoms with Gasteiger partial charge in [0.15, 0.2) is 0 Å². The molecule has 0 saturated heterocycles. The summed E-state index contributed by atoms with van der Waals surface area (Å²) in [5.41, 5.74) is 0. The molecule has 3 nitrogen and oxygen atoms in total. The average Bonchev–Trinajstić information content (AvgIpc) is 1.98. The van der Waals surface area contributed by atoms with Crippen molar-refractivity contribution in [3.63, 3.8) is 0 Å². The smallest absolute Gasteiger partial charge is 0.209 e. The third-order valence-electron chi connectivity index (χ3n) is 1.38. The highest BCUT2D eigenvalue weighted by molar-refractivity contribution is 5.46. The Labute approximate surface area is 68.3 Å². The van der Waals surface area contributed by atoms with Crippen LogP contribution in [0.1, 0.15) is 20.8 Å². The molecule has 0 aromatic heterocycles. The number of hydrogen-bond donors (Lipinski definition) is 0. The van der Waals surface area contributed by atoms with Gasteiger partial charge in [-0.15, -0.1) is 0 Å². The zero-order valence-electron chi connectivity index (χ0n) is 7.54. The molecule has 0 rings (SSSR count). The number of nitrogens with zero attached hydrogens (tertiary/aromatic N) is 1. The van der Waals surface area contributed by atoms with E-state index in [-0.39, 0.29) is 6.10 Å². The summed E-state index contributed by atoms with van der Waals surface area (Å²) in [6, 6.07) is 0. The van der Waals surface area contributed by atoms with Gasteiger partial charge in [-0.25, -0.2) is 0 Å². The van der Waals surface area contributed by atoms with Crippen LogP contribution >= 0.6 is 0 Å². The number of ether oxygens (including phenoxy) is 1. The van der Waals surface area contributed by atoms with Gasteiger partial charge in [-0.2, -0.15) is 0 Å². The Balaban J connectivity index is 3.28. The maximum atomic E-state index is 10.3. The van der Waals surface area contributed by atoms with E-state index in [9.17, 15) is 4.79 Å². The number of amides is 1. The fourth-order valence-electron chi connectivity index (χ4n) is 0.691. The molecule has 0 unspecified atom stereocenters. The van der Waals surface area contributed by atoms with E-state index in [2.05, 4.69) is 0 Å². The van der Waals surface area contributed by atoms with Crippen LogP contribution in [0.3, 0.4) is 0 Å².